The summed E-state index contributed by atoms with van der Waals surface area (Å²) in [6, 6.07) is -1.68. The Morgan fingerprint density at radius 1 is 0.573 bits per heavy atom. The fourth-order valence-corrected chi connectivity index (χ4v) is 7.06. The highest BCUT2D eigenvalue weighted by molar-refractivity contribution is 5.97. The Labute approximate surface area is 439 Å². The zero-order chi connectivity index (χ0) is 56.8. The van der Waals surface area contributed by atoms with Crippen molar-refractivity contribution in [3.8, 4) is 0 Å². The lowest BCUT2D eigenvalue weighted by molar-refractivity contribution is -0.136. The van der Waals surface area contributed by atoms with Gasteiger partial charge in [0.25, 0.3) is 0 Å². The molecule has 1 aliphatic rings. The predicted molar refractivity (Wildman–Crippen MR) is 275 cm³/mol. The molecule has 75 heavy (non-hydrogen) atoms. The van der Waals surface area contributed by atoms with E-state index in [9.17, 15) is 53.1 Å². The number of carbonyl (C=O) groups excluding carboxylic acids is 10. The second kappa shape index (κ2) is 30.0. The van der Waals surface area contributed by atoms with Crippen molar-refractivity contribution in [1.29, 1.82) is 0 Å². The lowest BCUT2D eigenvalue weighted by Crippen LogP contribution is -2.62. The van der Waals surface area contributed by atoms with E-state index in [1.807, 2.05) is 0 Å². The van der Waals surface area contributed by atoms with Crippen LogP contribution in [0.1, 0.15) is 121 Å². The van der Waals surface area contributed by atoms with Gasteiger partial charge in [-0.15, -0.1) is 0 Å². The van der Waals surface area contributed by atoms with Gasteiger partial charge in [0.05, 0.1) is 12.1 Å². The molecule has 1 aromatic carbocycles. The van der Waals surface area contributed by atoms with E-state index < -0.39 is 131 Å². The van der Waals surface area contributed by atoms with Crippen molar-refractivity contribution < 1.29 is 67.3 Å². The smallest absolute Gasteiger partial charge is 0.407 e. The summed E-state index contributed by atoms with van der Waals surface area (Å²) in [5, 5.41) is 36.5. The monoisotopic (exact) mass is 1060 g/mol. The van der Waals surface area contributed by atoms with Crippen LogP contribution < -0.4 is 58.9 Å². The Morgan fingerprint density at radius 2 is 0.947 bits per heavy atom. The van der Waals surface area contributed by atoms with Crippen LogP contribution in [0.5, 0.6) is 0 Å². The van der Waals surface area contributed by atoms with E-state index in [2.05, 4.69) is 53.2 Å². The van der Waals surface area contributed by atoms with Crippen LogP contribution in [0.15, 0.2) is 30.3 Å². The molecule has 1 saturated heterocycles. The van der Waals surface area contributed by atoms with Crippen molar-refractivity contribution in [2.45, 2.75) is 187 Å². The van der Waals surface area contributed by atoms with E-state index in [-0.39, 0.29) is 58.3 Å². The second-order valence-corrected chi connectivity index (χ2v) is 21.4. The molecule has 0 spiro atoms. The minimum Gasteiger partial charge on any atom is -0.444 e. The number of hydrogen-bond donors (Lipinski definition) is 12. The van der Waals surface area contributed by atoms with Crippen molar-refractivity contribution in [3.05, 3.63) is 35.9 Å². The number of aliphatic hydroxyl groups excluding tert-OH is 1. The maximum Gasteiger partial charge on any atom is 0.407 e. The average molecular weight is 1060 g/mol. The van der Waals surface area contributed by atoms with Crippen LogP contribution in [0.4, 0.5) is 14.4 Å². The summed E-state index contributed by atoms with van der Waals surface area (Å²) in [5.74, 6) is -6.92. The van der Waals surface area contributed by atoms with E-state index in [1.54, 1.807) is 106 Å². The fraction of sp³-hybridized carbons (Fsp3) is 0.680. The van der Waals surface area contributed by atoms with Crippen molar-refractivity contribution in [1.82, 2.24) is 53.2 Å². The summed E-state index contributed by atoms with van der Waals surface area (Å²) >= 11 is 0. The highest BCUT2D eigenvalue weighted by Gasteiger charge is 2.37. The Balaban J connectivity index is 2.76. The summed E-state index contributed by atoms with van der Waals surface area (Å²) in [6.07, 6.45) is -4.87. The number of carbonyl (C=O) groups is 10. The first-order valence-electron chi connectivity index (χ1n) is 25.3. The van der Waals surface area contributed by atoms with Gasteiger partial charge < -0.3 is 78.2 Å². The minimum atomic E-state index is -1.65. The third kappa shape index (κ3) is 25.4. The second-order valence-electron chi connectivity index (χ2n) is 21.4. The van der Waals surface area contributed by atoms with E-state index in [0.717, 1.165) is 0 Å². The lowest BCUT2D eigenvalue weighted by Gasteiger charge is -2.30. The van der Waals surface area contributed by atoms with Crippen molar-refractivity contribution in [2.75, 3.05) is 26.2 Å². The van der Waals surface area contributed by atoms with Gasteiger partial charge in [-0.25, -0.2) is 14.4 Å². The van der Waals surface area contributed by atoms with Gasteiger partial charge in [-0.05, 0) is 106 Å². The number of alkyl carbamates (subject to hydrolysis) is 3. The van der Waals surface area contributed by atoms with Gasteiger partial charge in [-0.3, -0.25) is 33.6 Å². The third-order valence-corrected chi connectivity index (χ3v) is 11.1. The van der Waals surface area contributed by atoms with Gasteiger partial charge in [0, 0.05) is 32.6 Å². The number of ether oxygens (including phenoxy) is 3. The fourth-order valence-electron chi connectivity index (χ4n) is 7.06. The van der Waals surface area contributed by atoms with Crippen LogP contribution in [0.3, 0.4) is 0 Å². The zero-order valence-electron chi connectivity index (χ0n) is 45.5. The van der Waals surface area contributed by atoms with E-state index in [1.165, 1.54) is 6.92 Å². The van der Waals surface area contributed by atoms with Crippen molar-refractivity contribution in [2.24, 2.45) is 11.7 Å². The van der Waals surface area contributed by atoms with Crippen LogP contribution >= 0.6 is 0 Å². The third-order valence-electron chi connectivity index (χ3n) is 11.1. The molecule has 9 unspecified atom stereocenters. The lowest BCUT2D eigenvalue weighted by atomic mass is 9.96. The molecule has 13 N–H and O–H groups in total. The van der Waals surface area contributed by atoms with Crippen molar-refractivity contribution >= 4 is 59.6 Å². The summed E-state index contributed by atoms with van der Waals surface area (Å²) in [7, 11) is 0. The average Bonchev–Trinajstić information content (AvgIpc) is 3.28. The molecule has 0 aromatic heterocycles. The SMILES string of the molecule is CCC(C)C1NC(=O)C(Cc2ccccc2)NC(=O)C(CCNC(=O)OC(C)(C)C)NC(=O)C(N)CCNC(=O)C(C(C)O)NC(=O)C(CCNC(=O)OC(C)(C)C)NC(=O)C(CCNC(=O)OC(C)(C)C)NC1=O. The van der Waals surface area contributed by atoms with E-state index >= 15 is 0 Å². The molecule has 0 aliphatic carbocycles. The van der Waals surface area contributed by atoms with E-state index in [0.29, 0.717) is 12.0 Å². The van der Waals surface area contributed by atoms with Gasteiger partial charge in [0.2, 0.25) is 41.4 Å². The molecule has 1 heterocycles. The number of nitrogens with two attached hydrogens (primary N) is 1. The molecule has 10 amide bonds. The molecule has 0 saturated carbocycles. The Hall–Kier alpha value is -6.76. The Kier molecular flexibility index (Phi) is 25.7. The van der Waals surface area contributed by atoms with Crippen LogP contribution in [-0.4, -0.2) is 156 Å². The molecule has 25 heteroatoms. The molecule has 2 rings (SSSR count). The molecular weight excluding hydrogens is 979 g/mol. The largest absolute Gasteiger partial charge is 0.444 e. The number of benzene rings is 1. The predicted octanol–water partition coefficient (Wildman–Crippen LogP) is 0.156. The first-order chi connectivity index (χ1) is 34.8. The molecule has 25 nitrogen and oxygen atoms in total. The molecule has 422 valence electrons. The molecule has 0 radical (unpaired) electrons. The number of hydrogen-bond acceptors (Lipinski definition) is 15. The molecule has 9 atom stereocenters. The van der Waals surface area contributed by atoms with E-state index in [4.69, 9.17) is 19.9 Å². The van der Waals surface area contributed by atoms with Crippen LogP contribution in [-0.2, 0) is 54.2 Å². The Bertz CT molecular complexity index is 2110. The first-order valence-corrected chi connectivity index (χ1v) is 25.3. The highest BCUT2D eigenvalue weighted by Crippen LogP contribution is 2.14. The first kappa shape index (κ1) is 64.4. The van der Waals surface area contributed by atoms with Crippen LogP contribution in [0.25, 0.3) is 0 Å². The number of aliphatic hydroxyl groups is 1. The highest BCUT2D eigenvalue weighted by atomic mass is 16.6. The summed E-state index contributed by atoms with van der Waals surface area (Å²) in [6.45, 7) is 18.5. The minimum absolute atomic E-state index is 0.107. The van der Waals surface area contributed by atoms with Crippen LogP contribution in [0.2, 0.25) is 0 Å². The summed E-state index contributed by atoms with van der Waals surface area (Å²) in [5.41, 5.74) is 4.23. The number of nitrogens with one attached hydrogen (secondary N) is 10. The topological polar surface area (TPSA) is 365 Å². The maximum atomic E-state index is 14.5. The van der Waals surface area contributed by atoms with Gasteiger partial charge in [0.1, 0.15) is 53.1 Å². The molecule has 1 aliphatic heterocycles. The van der Waals surface area contributed by atoms with Crippen LogP contribution in [0, 0.1) is 5.92 Å². The number of rotatable bonds is 14. The van der Waals surface area contributed by atoms with Gasteiger partial charge >= 0.3 is 18.3 Å². The van der Waals surface area contributed by atoms with Gasteiger partial charge in [-0.2, -0.15) is 0 Å². The summed E-state index contributed by atoms with van der Waals surface area (Å²) < 4.78 is 15.9. The molecule has 0 bridgehead atoms. The van der Waals surface area contributed by atoms with Gasteiger partial charge in [-0.1, -0.05) is 50.6 Å². The number of amides is 10. The molecule has 1 fully saturated rings. The molecule has 1 aromatic rings. The molecular formula is C50H83N11O14. The zero-order valence-corrected chi connectivity index (χ0v) is 45.5. The van der Waals surface area contributed by atoms with Crippen molar-refractivity contribution in [3.63, 3.8) is 0 Å². The standard InChI is InChI=1S/C50H83N11O14/c1-13-28(2)36-44(69)58-33(21-25-54-46(71)74-49(7,8)9)39(64)57-34(22-26-55-47(72)75-50(10,11)12)41(66)61-37(29(3)62)43(68)52-23-19-31(51)38(63)56-32(20-24-53-45(70)73-48(4,5)6)40(65)59-35(42(67)60-36)27-30-17-15-14-16-18-30/h14-18,28-29,31-37,62H,13,19-27,51H2,1-12H3,(H,52,68)(H,53,70)(H,54,71)(H,55,72)(H,56,63)(H,57,64)(H,58,69)(H,59,65)(H,60,67)(H,61,66). The quantitative estimate of drug-likeness (QED) is 0.110. The normalized spacial score (nSPS) is 23.2. The van der Waals surface area contributed by atoms with Gasteiger partial charge in [0.15, 0.2) is 0 Å². The Morgan fingerprint density at radius 3 is 1.36 bits per heavy atom. The summed E-state index contributed by atoms with van der Waals surface area (Å²) in [4.78, 5) is 137. The maximum absolute atomic E-state index is 14.5.